The number of carbonyl (C=O) groups is 4. The van der Waals surface area contributed by atoms with E-state index in [2.05, 4.69) is 0 Å². The first-order valence-corrected chi connectivity index (χ1v) is 11.1. The normalized spacial score (nSPS) is 24.4. The Morgan fingerprint density at radius 3 is 2.24 bits per heavy atom. The van der Waals surface area contributed by atoms with Gasteiger partial charge < -0.3 is 9.64 Å². The molecule has 0 spiro atoms. The molecule has 0 radical (unpaired) electrons. The van der Waals surface area contributed by atoms with Gasteiger partial charge in [-0.2, -0.15) is 0 Å². The minimum Gasteiger partial charge on any atom is -0.426 e. The lowest BCUT2D eigenvalue weighted by Gasteiger charge is -2.19. The van der Waals surface area contributed by atoms with Gasteiger partial charge >= 0.3 is 5.97 Å². The lowest BCUT2D eigenvalue weighted by Crippen LogP contribution is -2.31. The highest BCUT2D eigenvalue weighted by molar-refractivity contribution is 6.22. The van der Waals surface area contributed by atoms with Gasteiger partial charge in [0.25, 0.3) is 0 Å². The molecule has 0 bridgehead atoms. The number of esters is 1. The molecule has 2 heterocycles. The summed E-state index contributed by atoms with van der Waals surface area (Å²) < 4.78 is 5.56. The Hall–Kier alpha value is -3.74. The zero-order valence-corrected chi connectivity index (χ0v) is 18.3. The van der Waals surface area contributed by atoms with Crippen molar-refractivity contribution in [1.82, 2.24) is 0 Å². The predicted octanol–water partition coefficient (Wildman–Crippen LogP) is 3.41. The second kappa shape index (κ2) is 8.31. The van der Waals surface area contributed by atoms with Crippen molar-refractivity contribution in [2.75, 3.05) is 16.3 Å². The number of fused-ring (bicyclic) bond motifs is 1. The fourth-order valence-electron chi connectivity index (χ4n) is 4.90. The van der Waals surface area contributed by atoms with E-state index in [0.29, 0.717) is 29.8 Å². The van der Waals surface area contributed by atoms with Crippen LogP contribution in [0.25, 0.3) is 0 Å². The summed E-state index contributed by atoms with van der Waals surface area (Å²) in [5.41, 5.74) is 1.95. The third kappa shape index (κ3) is 3.73. The first kappa shape index (κ1) is 21.1. The fourth-order valence-corrected chi connectivity index (χ4v) is 4.90. The minimum atomic E-state index is -0.560. The molecule has 0 N–H and O–H groups in total. The van der Waals surface area contributed by atoms with E-state index in [0.717, 1.165) is 5.69 Å². The fraction of sp³-hybridized carbons (Fsp3) is 0.308. The Kier molecular flexibility index (Phi) is 5.32. The molecular formula is C26H24N2O5. The molecule has 2 aromatic carbocycles. The largest absolute Gasteiger partial charge is 0.426 e. The number of hydrogen-bond acceptors (Lipinski definition) is 5. The molecule has 2 aromatic rings. The molecule has 0 aromatic heterocycles. The smallest absolute Gasteiger partial charge is 0.316 e. The van der Waals surface area contributed by atoms with Crippen molar-refractivity contribution >= 4 is 35.1 Å². The van der Waals surface area contributed by atoms with Crippen LogP contribution in [0.2, 0.25) is 0 Å². The maximum absolute atomic E-state index is 12.9. The van der Waals surface area contributed by atoms with Crippen molar-refractivity contribution in [2.24, 2.45) is 17.8 Å². The van der Waals surface area contributed by atoms with Crippen molar-refractivity contribution in [1.29, 1.82) is 0 Å². The van der Waals surface area contributed by atoms with Crippen molar-refractivity contribution in [3.05, 3.63) is 66.2 Å². The topological polar surface area (TPSA) is 84.0 Å². The van der Waals surface area contributed by atoms with E-state index in [1.165, 1.54) is 4.90 Å². The van der Waals surface area contributed by atoms with Crippen molar-refractivity contribution in [3.8, 4) is 5.75 Å². The van der Waals surface area contributed by atoms with Crippen LogP contribution in [-0.2, 0) is 19.2 Å². The first-order chi connectivity index (χ1) is 15.9. The van der Waals surface area contributed by atoms with Crippen molar-refractivity contribution < 1.29 is 23.9 Å². The maximum Gasteiger partial charge on any atom is 0.316 e. The van der Waals surface area contributed by atoms with E-state index >= 15 is 0 Å². The Morgan fingerprint density at radius 1 is 0.939 bits per heavy atom. The first-order valence-electron chi connectivity index (χ1n) is 11.1. The SMILES string of the molecule is Cc1cc(OC(=O)[C@@H]2CC(=O)N(c3ccccc3)C2)ccc1N1C(=O)[C@H]2CC=CC[C@H]2C1=O. The van der Waals surface area contributed by atoms with Crippen molar-refractivity contribution in [2.45, 2.75) is 26.2 Å². The maximum atomic E-state index is 12.9. The number of hydrogen-bond donors (Lipinski definition) is 0. The molecule has 168 valence electrons. The van der Waals surface area contributed by atoms with Gasteiger partial charge in [-0.25, -0.2) is 4.90 Å². The number of ether oxygens (including phenoxy) is 1. The third-order valence-corrected chi connectivity index (χ3v) is 6.66. The number of carbonyl (C=O) groups excluding carboxylic acids is 4. The quantitative estimate of drug-likeness (QED) is 0.312. The van der Waals surface area contributed by atoms with Gasteiger partial charge in [0.05, 0.1) is 23.4 Å². The number of imide groups is 1. The number of aryl methyl sites for hydroxylation is 1. The summed E-state index contributed by atoms with van der Waals surface area (Å²) in [7, 11) is 0. The average Bonchev–Trinajstić information content (AvgIpc) is 3.33. The second-order valence-electron chi connectivity index (χ2n) is 8.78. The van der Waals surface area contributed by atoms with E-state index in [4.69, 9.17) is 4.74 Å². The van der Waals surface area contributed by atoms with E-state index < -0.39 is 11.9 Å². The van der Waals surface area contributed by atoms with E-state index in [1.54, 1.807) is 30.0 Å². The summed E-state index contributed by atoms with van der Waals surface area (Å²) in [6.45, 7) is 2.05. The number of para-hydroxylation sites is 1. The van der Waals surface area contributed by atoms with Gasteiger partial charge in [-0.1, -0.05) is 30.4 Å². The summed E-state index contributed by atoms with van der Waals surface area (Å²) >= 11 is 0. The summed E-state index contributed by atoms with van der Waals surface area (Å²) in [6, 6.07) is 14.1. The van der Waals surface area contributed by atoms with Gasteiger partial charge in [0.1, 0.15) is 5.75 Å². The lowest BCUT2D eigenvalue weighted by molar-refractivity contribution is -0.139. The number of rotatable bonds is 4. The van der Waals surface area contributed by atoms with Crippen LogP contribution in [0.4, 0.5) is 11.4 Å². The molecule has 3 amide bonds. The molecule has 0 saturated carbocycles. The highest BCUT2D eigenvalue weighted by Crippen LogP contribution is 2.39. The average molecular weight is 444 g/mol. The van der Waals surface area contributed by atoms with E-state index in [1.807, 2.05) is 42.5 Å². The Morgan fingerprint density at radius 2 is 1.61 bits per heavy atom. The van der Waals surface area contributed by atoms with Crippen LogP contribution in [0.15, 0.2) is 60.7 Å². The van der Waals surface area contributed by atoms with E-state index in [-0.39, 0.29) is 42.5 Å². The molecule has 5 rings (SSSR count). The van der Waals surface area contributed by atoms with Gasteiger partial charge in [0.2, 0.25) is 17.7 Å². The van der Waals surface area contributed by atoms with Gasteiger partial charge in [-0.3, -0.25) is 19.2 Å². The number of anilines is 2. The van der Waals surface area contributed by atoms with E-state index in [9.17, 15) is 19.2 Å². The van der Waals surface area contributed by atoms with Crippen LogP contribution in [0.1, 0.15) is 24.8 Å². The van der Waals surface area contributed by atoms with Crippen LogP contribution in [0.5, 0.6) is 5.75 Å². The highest BCUT2D eigenvalue weighted by atomic mass is 16.5. The molecule has 1 aliphatic carbocycles. The predicted molar refractivity (Wildman–Crippen MR) is 122 cm³/mol. The number of amides is 3. The summed E-state index contributed by atoms with van der Waals surface area (Å²) in [4.78, 5) is 53.7. The second-order valence-corrected chi connectivity index (χ2v) is 8.78. The van der Waals surface area contributed by atoms with Gasteiger partial charge in [0, 0.05) is 18.7 Å². The van der Waals surface area contributed by atoms with Crippen LogP contribution in [0.3, 0.4) is 0 Å². The molecule has 2 saturated heterocycles. The summed E-state index contributed by atoms with van der Waals surface area (Å²) in [6.07, 6.45) is 5.18. The van der Waals surface area contributed by atoms with Crippen LogP contribution in [-0.4, -0.2) is 30.2 Å². The van der Waals surface area contributed by atoms with Crippen LogP contribution >= 0.6 is 0 Å². The standard InChI is InChI=1S/C26H24N2O5/c1-16-13-19(11-12-22(16)28-24(30)20-9-5-6-10-21(20)25(28)31)33-26(32)17-14-23(29)27(15-17)18-7-3-2-4-8-18/h2-8,11-13,17,20-21H,9-10,14-15H2,1H3/t17-,20-,21+/m1/s1. The Balaban J connectivity index is 1.29. The third-order valence-electron chi connectivity index (χ3n) is 6.66. The molecule has 2 fully saturated rings. The minimum absolute atomic E-state index is 0.0956. The highest BCUT2D eigenvalue weighted by Gasteiger charge is 2.48. The molecule has 0 unspecified atom stereocenters. The van der Waals surface area contributed by atoms with Gasteiger partial charge in [0.15, 0.2) is 0 Å². The molecule has 7 heteroatoms. The van der Waals surface area contributed by atoms with Crippen molar-refractivity contribution in [3.63, 3.8) is 0 Å². The van der Waals surface area contributed by atoms with Gasteiger partial charge in [-0.15, -0.1) is 0 Å². The molecule has 3 atom stereocenters. The van der Waals surface area contributed by atoms with Gasteiger partial charge in [-0.05, 0) is 55.7 Å². The molecule has 7 nitrogen and oxygen atoms in total. The molecule has 33 heavy (non-hydrogen) atoms. The molecule has 3 aliphatic rings. The van der Waals surface area contributed by atoms with Crippen LogP contribution in [0, 0.1) is 24.7 Å². The summed E-state index contributed by atoms with van der Waals surface area (Å²) in [5.74, 6) is -1.77. The molecular weight excluding hydrogens is 420 g/mol. The Bertz CT molecular complexity index is 1150. The number of allylic oxidation sites excluding steroid dienone is 2. The molecule has 2 aliphatic heterocycles. The van der Waals surface area contributed by atoms with Crippen LogP contribution < -0.4 is 14.5 Å². The zero-order chi connectivity index (χ0) is 23.1. The monoisotopic (exact) mass is 444 g/mol. The Labute approximate surface area is 191 Å². The lowest BCUT2D eigenvalue weighted by atomic mass is 9.85. The number of nitrogens with zero attached hydrogens (tertiary/aromatic N) is 2. The zero-order valence-electron chi connectivity index (χ0n) is 18.3. The number of benzene rings is 2. The summed E-state index contributed by atoms with van der Waals surface area (Å²) in [5, 5.41) is 0.